The van der Waals surface area contributed by atoms with Crippen molar-refractivity contribution in [2.24, 2.45) is 0 Å². The standard InChI is InChI=1S/C17H17BrClNO/c1-12(2)20(11-13-6-4-3-5-7-13)17(21)15-10-14(18)8-9-16(15)19/h3-10,12H,11H2,1-2H3. The number of hydrogen-bond acceptors (Lipinski definition) is 1. The van der Waals surface area contributed by atoms with Crippen molar-refractivity contribution in [1.29, 1.82) is 0 Å². The van der Waals surface area contributed by atoms with E-state index in [1.807, 2.05) is 55.1 Å². The number of halogens is 2. The predicted octanol–water partition coefficient (Wildman–Crippen LogP) is 5.15. The average molecular weight is 367 g/mol. The van der Waals surface area contributed by atoms with Crippen molar-refractivity contribution in [2.45, 2.75) is 26.4 Å². The van der Waals surface area contributed by atoms with Gasteiger partial charge < -0.3 is 4.90 Å². The minimum Gasteiger partial charge on any atom is -0.332 e. The van der Waals surface area contributed by atoms with Crippen molar-refractivity contribution >= 4 is 33.4 Å². The lowest BCUT2D eigenvalue weighted by Crippen LogP contribution is -2.36. The molecule has 2 aromatic rings. The zero-order valence-corrected chi connectivity index (χ0v) is 14.4. The molecule has 0 atom stereocenters. The smallest absolute Gasteiger partial charge is 0.255 e. The topological polar surface area (TPSA) is 20.3 Å². The van der Waals surface area contributed by atoms with Crippen molar-refractivity contribution in [3.63, 3.8) is 0 Å². The van der Waals surface area contributed by atoms with Gasteiger partial charge in [-0.3, -0.25) is 4.79 Å². The van der Waals surface area contributed by atoms with Gasteiger partial charge in [-0.05, 0) is 37.6 Å². The van der Waals surface area contributed by atoms with Crippen LogP contribution in [0.2, 0.25) is 5.02 Å². The molecule has 0 bridgehead atoms. The number of carbonyl (C=O) groups is 1. The maximum Gasteiger partial charge on any atom is 0.255 e. The van der Waals surface area contributed by atoms with Crippen LogP contribution in [0.3, 0.4) is 0 Å². The molecule has 4 heteroatoms. The van der Waals surface area contributed by atoms with Gasteiger partial charge in [0.15, 0.2) is 0 Å². The summed E-state index contributed by atoms with van der Waals surface area (Å²) in [5, 5.41) is 0.474. The molecular weight excluding hydrogens is 350 g/mol. The minimum absolute atomic E-state index is 0.0554. The number of hydrogen-bond donors (Lipinski definition) is 0. The summed E-state index contributed by atoms with van der Waals surface area (Å²) in [5.41, 5.74) is 1.63. The Kier molecular flexibility index (Phi) is 5.43. The quantitative estimate of drug-likeness (QED) is 0.732. The Morgan fingerprint density at radius 1 is 1.19 bits per heavy atom. The molecule has 21 heavy (non-hydrogen) atoms. The van der Waals surface area contributed by atoms with Crippen LogP contribution in [0.4, 0.5) is 0 Å². The van der Waals surface area contributed by atoms with Crippen molar-refractivity contribution in [2.75, 3.05) is 0 Å². The first-order valence-corrected chi connectivity index (χ1v) is 7.96. The van der Waals surface area contributed by atoms with E-state index >= 15 is 0 Å². The third-order valence-electron chi connectivity index (χ3n) is 3.24. The predicted molar refractivity (Wildman–Crippen MR) is 90.6 cm³/mol. The molecule has 2 rings (SSSR count). The van der Waals surface area contributed by atoms with E-state index in [0.717, 1.165) is 10.0 Å². The average Bonchev–Trinajstić information content (AvgIpc) is 2.47. The van der Waals surface area contributed by atoms with Crippen LogP contribution >= 0.6 is 27.5 Å². The first kappa shape index (κ1) is 16.1. The van der Waals surface area contributed by atoms with Crippen molar-refractivity contribution < 1.29 is 4.79 Å². The lowest BCUT2D eigenvalue weighted by Gasteiger charge is -2.27. The van der Waals surface area contributed by atoms with Crippen LogP contribution in [-0.2, 0) is 6.54 Å². The van der Waals surface area contributed by atoms with E-state index in [9.17, 15) is 4.79 Å². The van der Waals surface area contributed by atoms with Gasteiger partial charge in [-0.1, -0.05) is 57.9 Å². The van der Waals surface area contributed by atoms with E-state index in [4.69, 9.17) is 11.6 Å². The highest BCUT2D eigenvalue weighted by Crippen LogP contribution is 2.24. The van der Waals surface area contributed by atoms with Gasteiger partial charge in [-0.2, -0.15) is 0 Å². The second-order valence-electron chi connectivity index (χ2n) is 5.14. The normalized spacial score (nSPS) is 10.7. The van der Waals surface area contributed by atoms with Gasteiger partial charge in [-0.15, -0.1) is 0 Å². The molecule has 110 valence electrons. The molecule has 0 saturated heterocycles. The van der Waals surface area contributed by atoms with Gasteiger partial charge in [0, 0.05) is 17.1 Å². The Morgan fingerprint density at radius 3 is 2.48 bits per heavy atom. The molecule has 0 aliphatic rings. The molecule has 0 saturated carbocycles. The zero-order chi connectivity index (χ0) is 15.4. The molecule has 0 N–H and O–H groups in total. The number of nitrogens with zero attached hydrogens (tertiary/aromatic N) is 1. The van der Waals surface area contributed by atoms with E-state index < -0.39 is 0 Å². The number of carbonyl (C=O) groups excluding carboxylic acids is 1. The molecule has 2 aromatic carbocycles. The third-order valence-corrected chi connectivity index (χ3v) is 4.06. The first-order chi connectivity index (χ1) is 9.99. The molecule has 2 nitrogen and oxygen atoms in total. The second-order valence-corrected chi connectivity index (χ2v) is 6.46. The van der Waals surface area contributed by atoms with Gasteiger partial charge in [0.2, 0.25) is 0 Å². The van der Waals surface area contributed by atoms with Gasteiger partial charge in [0.25, 0.3) is 5.91 Å². The third kappa shape index (κ3) is 4.08. The highest BCUT2D eigenvalue weighted by molar-refractivity contribution is 9.10. The fraction of sp³-hybridized carbons (Fsp3) is 0.235. The van der Waals surface area contributed by atoms with Crippen LogP contribution in [0.5, 0.6) is 0 Å². The Labute approximate surface area is 138 Å². The Hall–Kier alpha value is -1.32. The van der Waals surface area contributed by atoms with Crippen LogP contribution in [0.25, 0.3) is 0 Å². The summed E-state index contributed by atoms with van der Waals surface area (Å²) in [4.78, 5) is 14.6. The number of benzene rings is 2. The molecule has 1 amide bonds. The summed E-state index contributed by atoms with van der Waals surface area (Å²) in [6, 6.07) is 15.4. The highest BCUT2D eigenvalue weighted by Gasteiger charge is 2.21. The largest absolute Gasteiger partial charge is 0.332 e. The van der Waals surface area contributed by atoms with Crippen LogP contribution in [0.15, 0.2) is 53.0 Å². The Balaban J connectivity index is 2.30. The highest BCUT2D eigenvalue weighted by atomic mass is 79.9. The number of rotatable bonds is 4. The molecule has 0 unspecified atom stereocenters. The fourth-order valence-corrected chi connectivity index (χ4v) is 2.64. The lowest BCUT2D eigenvalue weighted by atomic mass is 10.1. The van der Waals surface area contributed by atoms with Crippen molar-refractivity contribution in [3.05, 3.63) is 69.2 Å². The van der Waals surface area contributed by atoms with E-state index in [2.05, 4.69) is 15.9 Å². The zero-order valence-electron chi connectivity index (χ0n) is 12.0. The molecule has 0 aliphatic carbocycles. The first-order valence-electron chi connectivity index (χ1n) is 6.79. The van der Waals surface area contributed by atoms with E-state index in [1.165, 1.54) is 0 Å². The minimum atomic E-state index is -0.0554. The lowest BCUT2D eigenvalue weighted by molar-refractivity contribution is 0.0690. The van der Waals surface area contributed by atoms with Crippen LogP contribution in [0.1, 0.15) is 29.8 Å². The van der Waals surface area contributed by atoms with Gasteiger partial charge in [0.1, 0.15) is 0 Å². The van der Waals surface area contributed by atoms with Crippen molar-refractivity contribution in [1.82, 2.24) is 4.90 Å². The SMILES string of the molecule is CC(C)N(Cc1ccccc1)C(=O)c1cc(Br)ccc1Cl. The summed E-state index contributed by atoms with van der Waals surface area (Å²) >= 11 is 9.56. The molecule has 0 heterocycles. The maximum absolute atomic E-state index is 12.8. The fourth-order valence-electron chi connectivity index (χ4n) is 2.09. The molecule has 0 aromatic heterocycles. The van der Waals surface area contributed by atoms with Gasteiger partial charge >= 0.3 is 0 Å². The van der Waals surface area contributed by atoms with Crippen LogP contribution in [0, 0.1) is 0 Å². The van der Waals surface area contributed by atoms with E-state index in [1.54, 1.807) is 12.1 Å². The van der Waals surface area contributed by atoms with Gasteiger partial charge in [-0.25, -0.2) is 0 Å². The second kappa shape index (κ2) is 7.10. The molecular formula is C17H17BrClNO. The van der Waals surface area contributed by atoms with Gasteiger partial charge in [0.05, 0.1) is 10.6 Å². The van der Waals surface area contributed by atoms with Crippen molar-refractivity contribution in [3.8, 4) is 0 Å². The van der Waals surface area contributed by atoms with Crippen LogP contribution < -0.4 is 0 Å². The van der Waals surface area contributed by atoms with E-state index in [0.29, 0.717) is 17.1 Å². The summed E-state index contributed by atoms with van der Waals surface area (Å²) in [7, 11) is 0. The maximum atomic E-state index is 12.8. The molecule has 0 fully saturated rings. The molecule has 0 radical (unpaired) electrons. The monoisotopic (exact) mass is 365 g/mol. The summed E-state index contributed by atoms with van der Waals surface area (Å²) in [5.74, 6) is -0.0554. The Bertz CT molecular complexity index is 628. The summed E-state index contributed by atoms with van der Waals surface area (Å²) < 4.78 is 0.846. The molecule has 0 spiro atoms. The van der Waals surface area contributed by atoms with E-state index in [-0.39, 0.29) is 11.9 Å². The number of amides is 1. The summed E-state index contributed by atoms with van der Waals surface area (Å²) in [6.45, 7) is 4.58. The molecule has 0 aliphatic heterocycles. The summed E-state index contributed by atoms with van der Waals surface area (Å²) in [6.07, 6.45) is 0. The van der Waals surface area contributed by atoms with Crippen LogP contribution in [-0.4, -0.2) is 16.8 Å². The Morgan fingerprint density at radius 2 is 1.86 bits per heavy atom.